The first-order chi connectivity index (χ1) is 11.5. The molecule has 0 spiro atoms. The van der Waals surface area contributed by atoms with Crippen molar-refractivity contribution >= 4 is 40.8 Å². The minimum atomic E-state index is -0.290. The van der Waals surface area contributed by atoms with Gasteiger partial charge < -0.3 is 0 Å². The van der Waals surface area contributed by atoms with E-state index < -0.39 is 0 Å². The number of halogens is 2. The number of hydrazone groups is 1. The molecule has 0 aromatic heterocycles. The number of urea groups is 1. The van der Waals surface area contributed by atoms with Crippen molar-refractivity contribution in [3.05, 3.63) is 64.1 Å². The summed E-state index contributed by atoms with van der Waals surface area (Å²) in [5, 5.41) is 6.46. The topological polar surface area (TPSA) is 60.0 Å². The zero-order valence-electron chi connectivity index (χ0n) is 12.8. The maximum atomic E-state index is 12.5. The molecule has 2 amide bonds. The van der Waals surface area contributed by atoms with Crippen LogP contribution in [0.1, 0.15) is 5.56 Å². The van der Waals surface area contributed by atoms with Crippen molar-refractivity contribution in [2.24, 2.45) is 5.10 Å². The van der Waals surface area contributed by atoms with Gasteiger partial charge in [0.05, 0.1) is 0 Å². The quantitative estimate of drug-likeness (QED) is 0.877. The van der Waals surface area contributed by atoms with Crippen LogP contribution in [0.4, 0.5) is 10.5 Å². The number of para-hydroxylation sites is 1. The first kappa shape index (κ1) is 16.4. The van der Waals surface area contributed by atoms with E-state index in [4.69, 9.17) is 23.2 Å². The summed E-state index contributed by atoms with van der Waals surface area (Å²) in [6, 6.07) is 14.3. The SMILES string of the molecule is CN(C(=O)N1NN=C(Cc2ccc(Cl)cc2Cl)N1)c1ccccc1. The molecule has 1 aliphatic rings. The fraction of sp³-hybridized carbons (Fsp3) is 0.125. The van der Waals surface area contributed by atoms with Crippen LogP contribution in [-0.4, -0.2) is 24.0 Å². The Bertz CT molecular complexity index is 781. The lowest BCUT2D eigenvalue weighted by Gasteiger charge is -2.23. The Morgan fingerprint density at radius 3 is 2.67 bits per heavy atom. The molecule has 0 radical (unpaired) electrons. The Morgan fingerprint density at radius 2 is 1.96 bits per heavy atom. The molecule has 6 nitrogen and oxygen atoms in total. The van der Waals surface area contributed by atoms with Crippen molar-refractivity contribution in [1.82, 2.24) is 16.1 Å². The summed E-state index contributed by atoms with van der Waals surface area (Å²) in [5.74, 6) is 0.578. The number of nitrogens with one attached hydrogen (secondary N) is 2. The highest BCUT2D eigenvalue weighted by atomic mass is 35.5. The van der Waals surface area contributed by atoms with Crippen molar-refractivity contribution in [3.63, 3.8) is 0 Å². The van der Waals surface area contributed by atoms with E-state index in [9.17, 15) is 4.79 Å². The van der Waals surface area contributed by atoms with Gasteiger partial charge in [-0.15, -0.1) is 10.2 Å². The van der Waals surface area contributed by atoms with Crippen LogP contribution in [0.2, 0.25) is 10.0 Å². The summed E-state index contributed by atoms with van der Waals surface area (Å²) in [5.41, 5.74) is 7.22. The van der Waals surface area contributed by atoms with E-state index in [0.29, 0.717) is 22.3 Å². The molecule has 0 saturated heterocycles. The van der Waals surface area contributed by atoms with Crippen LogP contribution >= 0.6 is 23.2 Å². The van der Waals surface area contributed by atoms with Gasteiger partial charge in [0.2, 0.25) is 0 Å². The van der Waals surface area contributed by atoms with Crippen molar-refractivity contribution in [1.29, 1.82) is 0 Å². The second-order valence-corrected chi connectivity index (χ2v) is 6.04. The number of amidine groups is 1. The van der Waals surface area contributed by atoms with Crippen LogP contribution < -0.4 is 15.9 Å². The van der Waals surface area contributed by atoms with Gasteiger partial charge in [-0.2, -0.15) is 5.53 Å². The summed E-state index contributed by atoms with van der Waals surface area (Å²) >= 11 is 12.1. The fourth-order valence-electron chi connectivity index (χ4n) is 2.22. The third-order valence-electron chi connectivity index (χ3n) is 3.52. The lowest BCUT2D eigenvalue weighted by Crippen LogP contribution is -2.51. The van der Waals surface area contributed by atoms with Crippen molar-refractivity contribution in [3.8, 4) is 0 Å². The van der Waals surface area contributed by atoms with Crippen LogP contribution in [0.5, 0.6) is 0 Å². The Labute approximate surface area is 149 Å². The van der Waals surface area contributed by atoms with Crippen LogP contribution in [0.15, 0.2) is 53.6 Å². The molecule has 1 heterocycles. The predicted molar refractivity (Wildman–Crippen MR) is 96.0 cm³/mol. The number of nitrogens with zero attached hydrogens (tertiary/aromatic N) is 3. The average molecular weight is 364 g/mol. The number of rotatable bonds is 3. The summed E-state index contributed by atoms with van der Waals surface area (Å²) in [7, 11) is 1.69. The van der Waals surface area contributed by atoms with E-state index in [1.165, 1.54) is 10.0 Å². The molecule has 0 atom stereocenters. The van der Waals surface area contributed by atoms with Crippen LogP contribution in [0.3, 0.4) is 0 Å². The van der Waals surface area contributed by atoms with E-state index in [-0.39, 0.29) is 6.03 Å². The zero-order valence-corrected chi connectivity index (χ0v) is 14.3. The molecule has 0 fully saturated rings. The van der Waals surface area contributed by atoms with Gasteiger partial charge in [-0.25, -0.2) is 4.79 Å². The Kier molecular flexibility index (Phi) is 4.78. The molecule has 2 aromatic rings. The summed E-state index contributed by atoms with van der Waals surface area (Å²) in [4.78, 5) is 14.0. The lowest BCUT2D eigenvalue weighted by atomic mass is 10.1. The van der Waals surface area contributed by atoms with Gasteiger partial charge in [-0.05, 0) is 29.8 Å². The molecular weight excluding hydrogens is 349 g/mol. The molecule has 24 heavy (non-hydrogen) atoms. The number of benzene rings is 2. The van der Waals surface area contributed by atoms with Gasteiger partial charge in [0.1, 0.15) is 5.84 Å². The first-order valence-corrected chi connectivity index (χ1v) is 7.96. The zero-order chi connectivity index (χ0) is 17.1. The van der Waals surface area contributed by atoms with E-state index in [0.717, 1.165) is 11.3 Å². The normalized spacial score (nSPS) is 13.1. The molecule has 2 aromatic carbocycles. The molecule has 2 N–H and O–H groups in total. The highest BCUT2D eigenvalue weighted by Gasteiger charge is 2.24. The molecule has 0 saturated carbocycles. The third kappa shape index (κ3) is 3.55. The maximum absolute atomic E-state index is 12.5. The summed E-state index contributed by atoms with van der Waals surface area (Å²) in [6.07, 6.45) is 0.446. The molecule has 0 bridgehead atoms. The highest BCUT2D eigenvalue weighted by molar-refractivity contribution is 6.35. The Morgan fingerprint density at radius 1 is 1.21 bits per heavy atom. The van der Waals surface area contributed by atoms with Gasteiger partial charge in [0.15, 0.2) is 0 Å². The van der Waals surface area contributed by atoms with Gasteiger partial charge in [0, 0.05) is 29.2 Å². The standard InChI is InChI=1S/C16H15Cl2N5O/c1-22(13-5-3-2-4-6-13)16(24)23-20-15(19-21-23)9-11-7-8-12(17)10-14(11)18/h2-8,10,21H,9H2,1H3,(H,19,20). The smallest absolute Gasteiger partial charge is 0.294 e. The predicted octanol–water partition coefficient (Wildman–Crippen LogP) is 3.43. The van der Waals surface area contributed by atoms with Crippen LogP contribution in [-0.2, 0) is 6.42 Å². The molecular formula is C16H15Cl2N5O. The number of carbonyl (C=O) groups is 1. The molecule has 1 aliphatic heterocycles. The Balaban J connectivity index is 1.63. The fourth-order valence-corrected chi connectivity index (χ4v) is 2.69. The van der Waals surface area contributed by atoms with Crippen LogP contribution in [0.25, 0.3) is 0 Å². The van der Waals surface area contributed by atoms with E-state index in [1.54, 1.807) is 19.2 Å². The van der Waals surface area contributed by atoms with Gasteiger partial charge >= 0.3 is 6.03 Å². The van der Waals surface area contributed by atoms with Gasteiger partial charge in [-0.1, -0.05) is 47.5 Å². The summed E-state index contributed by atoms with van der Waals surface area (Å²) in [6.45, 7) is 0. The monoisotopic (exact) mass is 363 g/mol. The number of hydrazine groups is 2. The van der Waals surface area contributed by atoms with E-state index in [2.05, 4.69) is 16.1 Å². The minimum absolute atomic E-state index is 0.290. The number of amides is 2. The molecule has 124 valence electrons. The lowest BCUT2D eigenvalue weighted by molar-refractivity contribution is 0.174. The molecule has 0 aliphatic carbocycles. The summed E-state index contributed by atoms with van der Waals surface area (Å²) < 4.78 is 0. The second kappa shape index (κ2) is 6.98. The van der Waals surface area contributed by atoms with E-state index >= 15 is 0 Å². The van der Waals surface area contributed by atoms with Gasteiger partial charge in [-0.3, -0.25) is 10.3 Å². The first-order valence-electron chi connectivity index (χ1n) is 7.20. The Hall–Kier alpha value is -2.44. The number of anilines is 1. The maximum Gasteiger partial charge on any atom is 0.363 e. The molecule has 0 unspecified atom stereocenters. The minimum Gasteiger partial charge on any atom is -0.294 e. The highest BCUT2D eigenvalue weighted by Crippen LogP contribution is 2.22. The van der Waals surface area contributed by atoms with E-state index in [1.807, 2.05) is 36.4 Å². The third-order valence-corrected chi connectivity index (χ3v) is 4.11. The second-order valence-electron chi connectivity index (χ2n) is 5.20. The van der Waals surface area contributed by atoms with Gasteiger partial charge in [0.25, 0.3) is 0 Å². The number of hydrogen-bond donors (Lipinski definition) is 2. The molecule has 3 rings (SSSR count). The number of hydrogen-bond acceptors (Lipinski definition) is 4. The average Bonchev–Trinajstić information content (AvgIpc) is 3.05. The van der Waals surface area contributed by atoms with Crippen LogP contribution in [0, 0.1) is 0 Å². The molecule has 8 heteroatoms. The van der Waals surface area contributed by atoms with Crippen molar-refractivity contribution in [2.75, 3.05) is 11.9 Å². The van der Waals surface area contributed by atoms with Crippen molar-refractivity contribution in [2.45, 2.75) is 6.42 Å². The largest absolute Gasteiger partial charge is 0.363 e. The van der Waals surface area contributed by atoms with Crippen molar-refractivity contribution < 1.29 is 4.79 Å². The number of carbonyl (C=O) groups excluding carboxylic acids is 1.